The molecule has 1 N–H and O–H groups in total. The molecule has 140 valence electrons. The summed E-state index contributed by atoms with van der Waals surface area (Å²) in [5.74, 6) is 0.356. The Bertz CT molecular complexity index is 1070. The number of likely N-dealkylation sites (tertiary alicyclic amines) is 1. The van der Waals surface area contributed by atoms with Crippen LogP contribution in [0.4, 0.5) is 0 Å². The highest BCUT2D eigenvalue weighted by Crippen LogP contribution is 2.22. The summed E-state index contributed by atoms with van der Waals surface area (Å²) in [6.07, 6.45) is 3.66. The summed E-state index contributed by atoms with van der Waals surface area (Å²) in [6.45, 7) is 5.70. The molecule has 0 atom stereocenters. The third kappa shape index (κ3) is 3.37. The molecule has 1 aromatic carbocycles. The van der Waals surface area contributed by atoms with Crippen LogP contribution in [-0.4, -0.2) is 49.4 Å². The minimum atomic E-state index is -0.243. The molecule has 7 nitrogen and oxygen atoms in total. The number of hydrogen-bond donors (Lipinski definition) is 1. The summed E-state index contributed by atoms with van der Waals surface area (Å²) in [5, 5.41) is 5.25. The first-order valence-electron chi connectivity index (χ1n) is 9.00. The molecule has 1 fully saturated rings. The summed E-state index contributed by atoms with van der Waals surface area (Å²) in [6, 6.07) is 5.96. The van der Waals surface area contributed by atoms with Gasteiger partial charge in [-0.05, 0) is 43.9 Å². The summed E-state index contributed by atoms with van der Waals surface area (Å²) >= 11 is 1.26. The van der Waals surface area contributed by atoms with Gasteiger partial charge in [0.1, 0.15) is 5.39 Å². The van der Waals surface area contributed by atoms with Crippen LogP contribution < -0.4 is 5.56 Å². The molecule has 4 rings (SSSR count). The molecular weight excluding hydrogens is 362 g/mol. The Labute approximate surface area is 160 Å². The summed E-state index contributed by atoms with van der Waals surface area (Å²) in [7, 11) is 0. The van der Waals surface area contributed by atoms with Crippen LogP contribution in [0.15, 0.2) is 34.3 Å². The SMILES string of the molecule is Cc1cccc(-n2ncc3c(=O)[nH]c(SCC(=O)N4CCCC4)nc32)c1C. The number of thioether (sulfide) groups is 1. The summed E-state index contributed by atoms with van der Waals surface area (Å²) < 4.78 is 1.69. The van der Waals surface area contributed by atoms with E-state index >= 15 is 0 Å². The first-order chi connectivity index (χ1) is 13.0. The largest absolute Gasteiger partial charge is 0.342 e. The van der Waals surface area contributed by atoms with Crippen LogP contribution in [0.1, 0.15) is 24.0 Å². The lowest BCUT2D eigenvalue weighted by atomic mass is 10.1. The minimum Gasteiger partial charge on any atom is -0.342 e. The Hall–Kier alpha value is -2.61. The van der Waals surface area contributed by atoms with Crippen molar-refractivity contribution in [3.63, 3.8) is 0 Å². The lowest BCUT2D eigenvalue weighted by molar-refractivity contribution is -0.127. The molecular formula is C19H21N5O2S. The van der Waals surface area contributed by atoms with Gasteiger partial charge in [0.25, 0.3) is 5.56 Å². The van der Waals surface area contributed by atoms with Gasteiger partial charge in [-0.2, -0.15) is 5.10 Å². The van der Waals surface area contributed by atoms with Gasteiger partial charge < -0.3 is 9.88 Å². The number of carbonyl (C=O) groups is 1. The van der Waals surface area contributed by atoms with E-state index in [4.69, 9.17) is 0 Å². The Morgan fingerprint density at radius 3 is 2.81 bits per heavy atom. The van der Waals surface area contributed by atoms with Crippen LogP contribution in [0, 0.1) is 13.8 Å². The zero-order valence-electron chi connectivity index (χ0n) is 15.4. The van der Waals surface area contributed by atoms with Crippen LogP contribution in [0.5, 0.6) is 0 Å². The highest BCUT2D eigenvalue weighted by molar-refractivity contribution is 7.99. The van der Waals surface area contributed by atoms with Crippen molar-refractivity contribution < 1.29 is 4.79 Å². The molecule has 1 saturated heterocycles. The number of aryl methyl sites for hydroxylation is 1. The van der Waals surface area contributed by atoms with E-state index in [0.717, 1.165) is 42.7 Å². The quantitative estimate of drug-likeness (QED) is 0.553. The van der Waals surface area contributed by atoms with Gasteiger partial charge in [-0.3, -0.25) is 9.59 Å². The van der Waals surface area contributed by atoms with Gasteiger partial charge in [-0.25, -0.2) is 9.67 Å². The van der Waals surface area contributed by atoms with E-state index < -0.39 is 0 Å². The van der Waals surface area contributed by atoms with Gasteiger partial charge in [0.15, 0.2) is 10.8 Å². The molecule has 3 aromatic rings. The molecule has 0 aliphatic carbocycles. The van der Waals surface area contributed by atoms with Crippen molar-refractivity contribution in [2.75, 3.05) is 18.8 Å². The van der Waals surface area contributed by atoms with Crippen LogP contribution in [-0.2, 0) is 4.79 Å². The smallest absolute Gasteiger partial charge is 0.262 e. The van der Waals surface area contributed by atoms with Crippen LogP contribution in [0.3, 0.4) is 0 Å². The Kier molecular flexibility index (Phi) is 4.73. The van der Waals surface area contributed by atoms with E-state index in [9.17, 15) is 9.59 Å². The van der Waals surface area contributed by atoms with Crippen LogP contribution in [0.25, 0.3) is 16.7 Å². The molecule has 8 heteroatoms. The number of rotatable bonds is 4. The monoisotopic (exact) mass is 383 g/mol. The molecule has 27 heavy (non-hydrogen) atoms. The number of nitrogens with zero attached hydrogens (tertiary/aromatic N) is 4. The number of amides is 1. The van der Waals surface area contributed by atoms with Crippen molar-refractivity contribution in [2.45, 2.75) is 31.8 Å². The average molecular weight is 383 g/mol. The third-order valence-electron chi connectivity index (χ3n) is 5.01. The topological polar surface area (TPSA) is 83.9 Å². The van der Waals surface area contributed by atoms with Crippen molar-refractivity contribution in [2.24, 2.45) is 0 Å². The Morgan fingerprint density at radius 2 is 2.04 bits per heavy atom. The van der Waals surface area contributed by atoms with Crippen LogP contribution >= 0.6 is 11.8 Å². The maximum absolute atomic E-state index is 12.4. The van der Waals surface area contributed by atoms with Crippen molar-refractivity contribution >= 4 is 28.7 Å². The number of benzene rings is 1. The fourth-order valence-corrected chi connectivity index (χ4v) is 4.05. The van der Waals surface area contributed by atoms with Crippen molar-refractivity contribution in [3.8, 4) is 5.69 Å². The lowest BCUT2D eigenvalue weighted by Crippen LogP contribution is -2.29. The average Bonchev–Trinajstić information content (AvgIpc) is 3.32. The van der Waals surface area contributed by atoms with E-state index in [0.29, 0.717) is 16.2 Å². The standard InChI is InChI=1S/C19H21N5O2S/c1-12-6-5-7-15(13(12)2)24-17-14(10-20-24)18(26)22-19(21-17)27-11-16(25)23-8-3-4-9-23/h5-7,10H,3-4,8-9,11H2,1-2H3,(H,21,22,26). The van der Waals surface area contributed by atoms with Gasteiger partial charge in [0.2, 0.25) is 5.91 Å². The predicted octanol–water partition coefficient (Wildman–Crippen LogP) is 2.44. The number of aromatic amines is 1. The maximum Gasteiger partial charge on any atom is 0.262 e. The normalized spacial score (nSPS) is 14.2. The number of aromatic nitrogens is 4. The van der Waals surface area contributed by atoms with E-state index in [-0.39, 0.29) is 17.2 Å². The van der Waals surface area contributed by atoms with E-state index in [1.807, 2.05) is 36.9 Å². The zero-order chi connectivity index (χ0) is 19.0. The molecule has 0 radical (unpaired) electrons. The van der Waals surface area contributed by atoms with Crippen molar-refractivity contribution in [1.29, 1.82) is 0 Å². The molecule has 2 aromatic heterocycles. The maximum atomic E-state index is 12.4. The van der Waals surface area contributed by atoms with Crippen LogP contribution in [0.2, 0.25) is 0 Å². The summed E-state index contributed by atoms with van der Waals surface area (Å²) in [5.41, 5.74) is 3.39. The van der Waals surface area contributed by atoms with E-state index in [1.54, 1.807) is 4.68 Å². The number of hydrogen-bond acceptors (Lipinski definition) is 5. The van der Waals surface area contributed by atoms with Crippen molar-refractivity contribution in [3.05, 3.63) is 45.9 Å². The minimum absolute atomic E-state index is 0.0864. The number of carbonyl (C=O) groups excluding carboxylic acids is 1. The molecule has 3 heterocycles. The van der Waals surface area contributed by atoms with Gasteiger partial charge >= 0.3 is 0 Å². The molecule has 1 amide bonds. The second-order valence-electron chi connectivity index (χ2n) is 6.76. The fourth-order valence-electron chi connectivity index (χ4n) is 3.30. The van der Waals surface area contributed by atoms with E-state index in [2.05, 4.69) is 15.1 Å². The molecule has 1 aliphatic heterocycles. The lowest BCUT2D eigenvalue weighted by Gasteiger charge is -2.14. The highest BCUT2D eigenvalue weighted by Gasteiger charge is 2.19. The van der Waals surface area contributed by atoms with Gasteiger partial charge in [-0.15, -0.1) is 0 Å². The molecule has 0 spiro atoms. The van der Waals surface area contributed by atoms with Gasteiger partial charge in [0, 0.05) is 13.1 Å². The first-order valence-corrected chi connectivity index (χ1v) is 9.98. The number of nitrogens with one attached hydrogen (secondary N) is 1. The Balaban J connectivity index is 1.67. The third-order valence-corrected chi connectivity index (χ3v) is 5.87. The molecule has 0 saturated carbocycles. The van der Waals surface area contributed by atoms with Gasteiger partial charge in [0.05, 0.1) is 17.6 Å². The fraction of sp³-hybridized carbons (Fsp3) is 0.368. The zero-order valence-corrected chi connectivity index (χ0v) is 16.2. The van der Waals surface area contributed by atoms with E-state index in [1.165, 1.54) is 18.0 Å². The highest BCUT2D eigenvalue weighted by atomic mass is 32.2. The predicted molar refractivity (Wildman–Crippen MR) is 105 cm³/mol. The first kappa shape index (κ1) is 17.8. The second-order valence-corrected chi connectivity index (χ2v) is 7.72. The van der Waals surface area contributed by atoms with Crippen molar-refractivity contribution in [1.82, 2.24) is 24.6 Å². The molecule has 0 unspecified atom stereocenters. The second kappa shape index (κ2) is 7.19. The number of fused-ring (bicyclic) bond motifs is 1. The number of H-pyrrole nitrogens is 1. The molecule has 1 aliphatic rings. The van der Waals surface area contributed by atoms with Gasteiger partial charge in [-0.1, -0.05) is 23.9 Å². The molecule has 0 bridgehead atoms. The summed E-state index contributed by atoms with van der Waals surface area (Å²) in [4.78, 5) is 33.9. The Morgan fingerprint density at radius 1 is 1.26 bits per heavy atom.